The first-order valence-corrected chi connectivity index (χ1v) is 13.6. The minimum atomic E-state index is -0.816. The number of carbonyl (C=O) groups excluding carboxylic acids is 2. The van der Waals surface area contributed by atoms with Crippen molar-refractivity contribution in [1.29, 1.82) is 0 Å². The molecule has 0 aliphatic carbocycles. The summed E-state index contributed by atoms with van der Waals surface area (Å²) >= 11 is 2.79. The maximum absolute atomic E-state index is 13.4. The molecule has 1 fully saturated rings. The summed E-state index contributed by atoms with van der Waals surface area (Å²) < 4.78 is 0.693. The summed E-state index contributed by atoms with van der Waals surface area (Å²) in [6.07, 6.45) is 0. The Hall–Kier alpha value is -3.75. The van der Waals surface area contributed by atoms with Crippen LogP contribution in [-0.4, -0.2) is 27.0 Å². The van der Waals surface area contributed by atoms with Gasteiger partial charge in [-0.3, -0.25) is 14.5 Å². The van der Waals surface area contributed by atoms with Gasteiger partial charge in [-0.05, 0) is 43.5 Å². The zero-order valence-electron chi connectivity index (χ0n) is 20.6. The summed E-state index contributed by atoms with van der Waals surface area (Å²) in [5.74, 6) is -0.944. The number of aliphatic hydroxyl groups excluding tert-OH is 1. The van der Waals surface area contributed by atoms with Gasteiger partial charge in [0.2, 0.25) is 5.13 Å². The van der Waals surface area contributed by atoms with Gasteiger partial charge in [-0.1, -0.05) is 101 Å². The second-order valence-electron chi connectivity index (χ2n) is 9.02. The van der Waals surface area contributed by atoms with Crippen molar-refractivity contribution in [3.8, 4) is 0 Å². The summed E-state index contributed by atoms with van der Waals surface area (Å²) in [6, 6.07) is 22.4. The van der Waals surface area contributed by atoms with E-state index in [0.717, 1.165) is 16.7 Å². The fourth-order valence-corrected chi connectivity index (χ4v) is 6.13. The molecule has 8 heteroatoms. The number of amides is 1. The van der Waals surface area contributed by atoms with Gasteiger partial charge in [0.25, 0.3) is 5.78 Å². The van der Waals surface area contributed by atoms with Crippen LogP contribution in [0.3, 0.4) is 0 Å². The maximum Gasteiger partial charge on any atom is 0.301 e. The predicted molar refractivity (Wildman–Crippen MR) is 148 cm³/mol. The van der Waals surface area contributed by atoms with Crippen LogP contribution in [0.4, 0.5) is 5.13 Å². The van der Waals surface area contributed by atoms with Gasteiger partial charge in [0.1, 0.15) is 5.76 Å². The Kier molecular flexibility index (Phi) is 6.95. The van der Waals surface area contributed by atoms with E-state index in [0.29, 0.717) is 26.4 Å². The fraction of sp³-hybridized carbons (Fsp3) is 0.172. The highest BCUT2D eigenvalue weighted by Gasteiger charge is 2.48. The molecule has 1 aliphatic heterocycles. The number of ketones is 1. The van der Waals surface area contributed by atoms with Crippen molar-refractivity contribution in [2.45, 2.75) is 36.9 Å². The molecule has 1 saturated heterocycles. The van der Waals surface area contributed by atoms with Gasteiger partial charge in [-0.25, -0.2) is 0 Å². The molecule has 186 valence electrons. The quantitative estimate of drug-likeness (QED) is 0.103. The van der Waals surface area contributed by atoms with Gasteiger partial charge >= 0.3 is 5.91 Å². The number of anilines is 1. The Morgan fingerprint density at radius 2 is 1.65 bits per heavy atom. The summed E-state index contributed by atoms with van der Waals surface area (Å²) in [7, 11) is 0. The number of aryl methyl sites for hydroxylation is 3. The van der Waals surface area contributed by atoms with E-state index in [9.17, 15) is 14.7 Å². The molecular weight excluding hydrogens is 502 g/mol. The van der Waals surface area contributed by atoms with Crippen LogP contribution in [0.25, 0.3) is 5.76 Å². The molecule has 1 unspecified atom stereocenters. The zero-order chi connectivity index (χ0) is 26.1. The minimum absolute atomic E-state index is 0.0500. The summed E-state index contributed by atoms with van der Waals surface area (Å²) in [5, 5.41) is 20.3. The molecule has 1 atom stereocenters. The van der Waals surface area contributed by atoms with E-state index < -0.39 is 17.7 Å². The molecule has 0 bridgehead atoms. The molecule has 1 amide bonds. The van der Waals surface area contributed by atoms with Gasteiger partial charge in [0.05, 0.1) is 11.6 Å². The lowest BCUT2D eigenvalue weighted by Crippen LogP contribution is -2.29. The van der Waals surface area contributed by atoms with Crippen LogP contribution in [0, 0.1) is 20.8 Å². The first-order valence-electron chi connectivity index (χ1n) is 11.8. The average Bonchev–Trinajstić information content (AvgIpc) is 3.47. The summed E-state index contributed by atoms with van der Waals surface area (Å²) in [5.41, 5.74) is 5.40. The number of thioether (sulfide) groups is 1. The molecule has 1 aromatic heterocycles. The molecule has 4 aromatic rings. The minimum Gasteiger partial charge on any atom is -0.507 e. The number of nitrogens with zero attached hydrogens (tertiary/aromatic N) is 3. The highest BCUT2D eigenvalue weighted by Crippen LogP contribution is 2.44. The molecule has 6 nitrogen and oxygen atoms in total. The normalized spacial score (nSPS) is 16.9. The zero-order valence-corrected chi connectivity index (χ0v) is 22.3. The van der Waals surface area contributed by atoms with Crippen molar-refractivity contribution in [2.24, 2.45) is 0 Å². The highest BCUT2D eigenvalue weighted by atomic mass is 32.2. The van der Waals surface area contributed by atoms with Crippen LogP contribution in [0.1, 0.15) is 39.4 Å². The van der Waals surface area contributed by atoms with E-state index in [-0.39, 0.29) is 11.3 Å². The Balaban J connectivity index is 1.54. The average molecular weight is 528 g/mol. The van der Waals surface area contributed by atoms with E-state index in [2.05, 4.69) is 34.5 Å². The molecule has 5 rings (SSSR count). The lowest BCUT2D eigenvalue weighted by atomic mass is 9.93. The smallest absolute Gasteiger partial charge is 0.301 e. The first-order chi connectivity index (χ1) is 17.8. The SMILES string of the molecule is Cc1ccc(CSc2nnc(N3C(=O)C(=O)C(=C(O)c4cc(C)ccc4C)C3c3ccccc3)s2)cc1. The standard InChI is InChI=1S/C29H25N3O3S2/c1-17-10-13-20(14-11-17)16-36-29-31-30-28(37-29)32-24(21-7-5-4-6-8-21)23(26(34)27(32)35)25(33)22-15-18(2)9-12-19(22)3/h4-15,24,33H,16H2,1-3H3. The number of aromatic nitrogens is 2. The Morgan fingerprint density at radius 1 is 0.946 bits per heavy atom. The van der Waals surface area contributed by atoms with Crippen LogP contribution in [0.5, 0.6) is 0 Å². The van der Waals surface area contributed by atoms with Crippen LogP contribution in [0.2, 0.25) is 0 Å². The number of Topliss-reactive ketones (excluding diaryl/α,β-unsaturated/α-hetero) is 1. The van der Waals surface area contributed by atoms with Gasteiger partial charge < -0.3 is 5.11 Å². The van der Waals surface area contributed by atoms with Gasteiger partial charge in [0, 0.05) is 11.3 Å². The summed E-state index contributed by atoms with van der Waals surface area (Å²) in [6.45, 7) is 5.83. The molecule has 3 aromatic carbocycles. The van der Waals surface area contributed by atoms with E-state index >= 15 is 0 Å². The van der Waals surface area contributed by atoms with Gasteiger partial charge in [0.15, 0.2) is 4.34 Å². The van der Waals surface area contributed by atoms with Crippen molar-refractivity contribution in [1.82, 2.24) is 10.2 Å². The maximum atomic E-state index is 13.4. The number of aliphatic hydroxyl groups is 1. The van der Waals surface area contributed by atoms with Crippen molar-refractivity contribution in [3.63, 3.8) is 0 Å². The predicted octanol–water partition coefficient (Wildman–Crippen LogP) is 6.38. The lowest BCUT2D eigenvalue weighted by molar-refractivity contribution is -0.132. The Morgan fingerprint density at radius 3 is 2.38 bits per heavy atom. The van der Waals surface area contributed by atoms with Crippen LogP contribution in [0.15, 0.2) is 82.7 Å². The van der Waals surface area contributed by atoms with Crippen molar-refractivity contribution < 1.29 is 14.7 Å². The molecule has 37 heavy (non-hydrogen) atoms. The summed E-state index contributed by atoms with van der Waals surface area (Å²) in [4.78, 5) is 28.1. The van der Waals surface area contributed by atoms with E-state index in [1.54, 1.807) is 0 Å². The number of hydrogen-bond donors (Lipinski definition) is 1. The monoisotopic (exact) mass is 527 g/mol. The lowest BCUT2D eigenvalue weighted by Gasteiger charge is -2.22. The largest absolute Gasteiger partial charge is 0.507 e. The van der Waals surface area contributed by atoms with Crippen molar-refractivity contribution in [2.75, 3.05) is 4.90 Å². The highest BCUT2D eigenvalue weighted by molar-refractivity contribution is 8.00. The number of rotatable bonds is 6. The Labute approximate surface area is 223 Å². The second kappa shape index (κ2) is 10.3. The molecule has 0 saturated carbocycles. The molecule has 1 N–H and O–H groups in total. The third-order valence-corrected chi connectivity index (χ3v) is 8.42. The van der Waals surface area contributed by atoms with Gasteiger partial charge in [-0.15, -0.1) is 10.2 Å². The molecule has 1 aliphatic rings. The second-order valence-corrected chi connectivity index (χ2v) is 11.2. The first kappa shape index (κ1) is 24.9. The number of carbonyl (C=O) groups is 2. The van der Waals surface area contributed by atoms with E-state index in [4.69, 9.17) is 0 Å². The van der Waals surface area contributed by atoms with Crippen molar-refractivity contribution >= 4 is 45.7 Å². The molecule has 0 radical (unpaired) electrons. The molecule has 0 spiro atoms. The molecule has 2 heterocycles. The van der Waals surface area contributed by atoms with Crippen LogP contribution < -0.4 is 4.90 Å². The van der Waals surface area contributed by atoms with E-state index in [1.807, 2.05) is 69.3 Å². The topological polar surface area (TPSA) is 83.4 Å². The van der Waals surface area contributed by atoms with Gasteiger partial charge in [-0.2, -0.15) is 0 Å². The van der Waals surface area contributed by atoms with Crippen LogP contribution >= 0.6 is 23.1 Å². The third-order valence-electron chi connectivity index (χ3n) is 6.29. The number of hydrogen-bond acceptors (Lipinski definition) is 7. The fourth-order valence-electron chi connectivity index (χ4n) is 4.30. The Bertz CT molecular complexity index is 1510. The van der Waals surface area contributed by atoms with Crippen molar-refractivity contribution in [3.05, 3.63) is 112 Å². The van der Waals surface area contributed by atoms with Crippen LogP contribution in [-0.2, 0) is 15.3 Å². The third kappa shape index (κ3) is 4.95. The molecular formula is C29H25N3O3S2. The van der Waals surface area contributed by atoms with E-state index in [1.165, 1.54) is 33.6 Å². The number of benzene rings is 3.